The molecule has 3 nitrogen and oxygen atoms in total. The molecule has 3 heteroatoms. The topological polar surface area (TPSA) is 38.5 Å². The van der Waals surface area contributed by atoms with Gasteiger partial charge in [-0.3, -0.25) is 0 Å². The quantitative estimate of drug-likeness (QED) is 0.861. The molecule has 0 aliphatic carbocycles. The van der Waals surface area contributed by atoms with E-state index in [4.69, 9.17) is 10.5 Å². The SMILES string of the molecule is Cc1cccc(OCC(N)C2CCN(C)C2)c1. The maximum absolute atomic E-state index is 6.18. The second-order valence-corrected chi connectivity index (χ2v) is 5.10. The van der Waals surface area contributed by atoms with Gasteiger partial charge in [0.05, 0.1) is 0 Å². The number of benzene rings is 1. The minimum atomic E-state index is 0.139. The standard InChI is InChI=1S/C14H22N2O/c1-11-4-3-5-13(8-11)17-10-14(15)12-6-7-16(2)9-12/h3-5,8,12,14H,6-7,9-10,15H2,1-2H3. The minimum absolute atomic E-state index is 0.139. The van der Waals surface area contributed by atoms with Crippen LogP contribution in [0.1, 0.15) is 12.0 Å². The molecule has 1 aliphatic heterocycles. The molecule has 1 fully saturated rings. The monoisotopic (exact) mass is 234 g/mol. The highest BCUT2D eigenvalue weighted by molar-refractivity contribution is 5.27. The maximum Gasteiger partial charge on any atom is 0.119 e. The summed E-state index contributed by atoms with van der Waals surface area (Å²) in [5.74, 6) is 1.50. The van der Waals surface area contributed by atoms with E-state index in [2.05, 4.69) is 24.9 Å². The molecule has 2 N–H and O–H groups in total. The summed E-state index contributed by atoms with van der Waals surface area (Å²) in [6.07, 6.45) is 1.19. The third-order valence-electron chi connectivity index (χ3n) is 3.47. The molecule has 2 unspecified atom stereocenters. The van der Waals surface area contributed by atoms with Crippen molar-refractivity contribution in [2.75, 3.05) is 26.7 Å². The van der Waals surface area contributed by atoms with Crippen LogP contribution in [0.5, 0.6) is 5.75 Å². The lowest BCUT2D eigenvalue weighted by Crippen LogP contribution is -2.37. The molecular weight excluding hydrogens is 212 g/mol. The van der Waals surface area contributed by atoms with Crippen LogP contribution in [0.25, 0.3) is 0 Å². The average Bonchev–Trinajstić information content (AvgIpc) is 2.73. The molecule has 94 valence electrons. The van der Waals surface area contributed by atoms with E-state index < -0.39 is 0 Å². The summed E-state index contributed by atoms with van der Waals surface area (Å²) in [5, 5.41) is 0. The molecule has 2 atom stereocenters. The molecular formula is C14H22N2O. The van der Waals surface area contributed by atoms with Crippen LogP contribution >= 0.6 is 0 Å². The highest BCUT2D eigenvalue weighted by atomic mass is 16.5. The molecule has 1 aromatic rings. The normalized spacial score (nSPS) is 22.6. The van der Waals surface area contributed by atoms with Gasteiger partial charge in [-0.25, -0.2) is 0 Å². The Morgan fingerprint density at radius 1 is 1.53 bits per heavy atom. The zero-order valence-corrected chi connectivity index (χ0v) is 10.7. The first-order chi connectivity index (χ1) is 8.15. The third-order valence-corrected chi connectivity index (χ3v) is 3.47. The Labute approximate surface area is 104 Å². The van der Waals surface area contributed by atoms with Crippen molar-refractivity contribution >= 4 is 0 Å². The summed E-state index contributed by atoms with van der Waals surface area (Å²) in [6.45, 7) is 4.93. The van der Waals surface area contributed by atoms with Gasteiger partial charge in [0.15, 0.2) is 0 Å². The Morgan fingerprint density at radius 3 is 3.00 bits per heavy atom. The fraction of sp³-hybridized carbons (Fsp3) is 0.571. The maximum atomic E-state index is 6.18. The van der Waals surface area contributed by atoms with Crippen LogP contribution in [0.4, 0.5) is 0 Å². The summed E-state index contributed by atoms with van der Waals surface area (Å²) >= 11 is 0. The van der Waals surface area contributed by atoms with Gasteiger partial charge in [0.2, 0.25) is 0 Å². The van der Waals surface area contributed by atoms with E-state index in [0.717, 1.165) is 18.8 Å². The van der Waals surface area contributed by atoms with Crippen LogP contribution < -0.4 is 10.5 Å². The third kappa shape index (κ3) is 3.45. The molecule has 1 aromatic carbocycles. The number of ether oxygens (including phenoxy) is 1. The largest absolute Gasteiger partial charge is 0.492 e. The zero-order chi connectivity index (χ0) is 12.3. The molecule has 1 heterocycles. The van der Waals surface area contributed by atoms with Gasteiger partial charge in [0.25, 0.3) is 0 Å². The van der Waals surface area contributed by atoms with Crippen LogP contribution in [-0.2, 0) is 0 Å². The van der Waals surface area contributed by atoms with Crippen molar-refractivity contribution in [3.8, 4) is 5.75 Å². The molecule has 2 rings (SSSR count). The predicted molar refractivity (Wildman–Crippen MR) is 70.3 cm³/mol. The van der Waals surface area contributed by atoms with Gasteiger partial charge in [0, 0.05) is 12.6 Å². The first-order valence-corrected chi connectivity index (χ1v) is 6.29. The Morgan fingerprint density at radius 2 is 2.35 bits per heavy atom. The number of hydrogen-bond donors (Lipinski definition) is 1. The van der Waals surface area contributed by atoms with Crippen molar-refractivity contribution in [2.45, 2.75) is 19.4 Å². The van der Waals surface area contributed by atoms with E-state index in [1.54, 1.807) is 0 Å². The van der Waals surface area contributed by atoms with Crippen molar-refractivity contribution in [3.05, 3.63) is 29.8 Å². The highest BCUT2D eigenvalue weighted by Crippen LogP contribution is 2.18. The summed E-state index contributed by atoms with van der Waals surface area (Å²) in [7, 11) is 2.15. The van der Waals surface area contributed by atoms with Crippen LogP contribution in [0, 0.1) is 12.8 Å². The number of hydrogen-bond acceptors (Lipinski definition) is 3. The lowest BCUT2D eigenvalue weighted by atomic mass is 10.0. The fourth-order valence-corrected chi connectivity index (χ4v) is 2.35. The summed E-state index contributed by atoms with van der Waals surface area (Å²) in [5.41, 5.74) is 7.39. The number of nitrogens with two attached hydrogens (primary N) is 1. The lowest BCUT2D eigenvalue weighted by Gasteiger charge is -2.19. The van der Waals surface area contributed by atoms with Gasteiger partial charge in [-0.1, -0.05) is 12.1 Å². The second kappa shape index (κ2) is 5.52. The smallest absolute Gasteiger partial charge is 0.119 e. The van der Waals surface area contributed by atoms with Crippen LogP contribution in [-0.4, -0.2) is 37.7 Å². The molecule has 17 heavy (non-hydrogen) atoms. The van der Waals surface area contributed by atoms with Crippen LogP contribution in [0.3, 0.4) is 0 Å². The van der Waals surface area contributed by atoms with Crippen molar-refractivity contribution in [1.82, 2.24) is 4.90 Å². The first kappa shape index (κ1) is 12.4. The van der Waals surface area contributed by atoms with Gasteiger partial charge >= 0.3 is 0 Å². The van der Waals surface area contributed by atoms with E-state index in [1.807, 2.05) is 18.2 Å². The molecule has 1 saturated heterocycles. The molecule has 0 radical (unpaired) electrons. The predicted octanol–water partition coefficient (Wildman–Crippen LogP) is 1.65. The van der Waals surface area contributed by atoms with Crippen molar-refractivity contribution < 1.29 is 4.74 Å². The summed E-state index contributed by atoms with van der Waals surface area (Å²) < 4.78 is 5.75. The van der Waals surface area contributed by atoms with Gasteiger partial charge < -0.3 is 15.4 Å². The Kier molecular flexibility index (Phi) is 4.02. The summed E-state index contributed by atoms with van der Waals surface area (Å²) in [4.78, 5) is 2.33. The summed E-state index contributed by atoms with van der Waals surface area (Å²) in [6, 6.07) is 8.26. The number of nitrogens with zero attached hydrogens (tertiary/aromatic N) is 1. The Balaban J connectivity index is 1.81. The number of aryl methyl sites for hydroxylation is 1. The zero-order valence-electron chi connectivity index (χ0n) is 10.7. The van der Waals surface area contributed by atoms with E-state index in [9.17, 15) is 0 Å². The highest BCUT2D eigenvalue weighted by Gasteiger charge is 2.25. The number of rotatable bonds is 4. The van der Waals surface area contributed by atoms with E-state index in [0.29, 0.717) is 12.5 Å². The van der Waals surface area contributed by atoms with Gasteiger partial charge in [-0.2, -0.15) is 0 Å². The number of likely N-dealkylation sites (tertiary alicyclic amines) is 1. The molecule has 0 spiro atoms. The second-order valence-electron chi connectivity index (χ2n) is 5.10. The van der Waals surface area contributed by atoms with E-state index >= 15 is 0 Å². The lowest BCUT2D eigenvalue weighted by molar-refractivity contribution is 0.245. The molecule has 0 amide bonds. The average molecular weight is 234 g/mol. The molecule has 0 saturated carbocycles. The Bertz CT molecular complexity index is 367. The van der Waals surface area contributed by atoms with E-state index in [1.165, 1.54) is 12.0 Å². The van der Waals surface area contributed by atoms with E-state index in [-0.39, 0.29) is 6.04 Å². The minimum Gasteiger partial charge on any atom is -0.492 e. The van der Waals surface area contributed by atoms with Gasteiger partial charge in [-0.15, -0.1) is 0 Å². The van der Waals surface area contributed by atoms with Crippen LogP contribution in [0.15, 0.2) is 24.3 Å². The van der Waals surface area contributed by atoms with Gasteiger partial charge in [0.1, 0.15) is 12.4 Å². The first-order valence-electron chi connectivity index (χ1n) is 6.29. The molecule has 1 aliphatic rings. The van der Waals surface area contributed by atoms with Gasteiger partial charge in [-0.05, 0) is 50.6 Å². The Hall–Kier alpha value is -1.06. The fourth-order valence-electron chi connectivity index (χ4n) is 2.35. The molecule has 0 aromatic heterocycles. The van der Waals surface area contributed by atoms with Crippen molar-refractivity contribution in [2.24, 2.45) is 11.7 Å². The van der Waals surface area contributed by atoms with Crippen molar-refractivity contribution in [1.29, 1.82) is 0 Å². The van der Waals surface area contributed by atoms with Crippen molar-refractivity contribution in [3.63, 3.8) is 0 Å². The molecule has 0 bridgehead atoms. The van der Waals surface area contributed by atoms with Crippen LogP contribution in [0.2, 0.25) is 0 Å².